The van der Waals surface area contributed by atoms with Gasteiger partial charge in [-0.1, -0.05) is 12.8 Å². The maximum Gasteiger partial charge on any atom is 0.122 e. The lowest BCUT2D eigenvalue weighted by Crippen LogP contribution is -2.16. The molecule has 0 aromatic heterocycles. The third-order valence-corrected chi connectivity index (χ3v) is 4.71. The smallest absolute Gasteiger partial charge is 0.122 e. The van der Waals surface area contributed by atoms with Crippen molar-refractivity contribution in [3.63, 3.8) is 0 Å². The van der Waals surface area contributed by atoms with Gasteiger partial charge < -0.3 is 30.0 Å². The van der Waals surface area contributed by atoms with Crippen molar-refractivity contribution in [3.8, 4) is 23.0 Å². The summed E-state index contributed by atoms with van der Waals surface area (Å²) in [5.74, 6) is 2.55. The van der Waals surface area contributed by atoms with Crippen LogP contribution in [0.1, 0.15) is 36.8 Å². The molecule has 0 saturated heterocycles. The molecule has 0 amide bonds. The van der Waals surface area contributed by atoms with E-state index in [9.17, 15) is 5.11 Å². The minimum atomic E-state index is 0.237. The Balaban J connectivity index is 1.52. The normalized spacial score (nSPS) is 10.7. The first-order chi connectivity index (χ1) is 14.1. The molecular weight excluding hydrogens is 368 g/mol. The number of phenolic OH excluding ortho intramolecular Hbond substituents is 1. The molecule has 0 aliphatic rings. The van der Waals surface area contributed by atoms with E-state index in [-0.39, 0.29) is 5.75 Å². The number of methoxy groups -OCH3 is 3. The average molecular weight is 403 g/mol. The lowest BCUT2D eigenvalue weighted by atomic mass is 10.1. The summed E-state index contributed by atoms with van der Waals surface area (Å²) < 4.78 is 15.8. The third kappa shape index (κ3) is 8.62. The molecule has 2 aromatic carbocycles. The molecule has 160 valence electrons. The summed E-state index contributed by atoms with van der Waals surface area (Å²) in [4.78, 5) is 0. The highest BCUT2D eigenvalue weighted by atomic mass is 16.5. The number of benzene rings is 2. The van der Waals surface area contributed by atoms with Gasteiger partial charge in [-0.05, 0) is 61.3 Å². The largest absolute Gasteiger partial charge is 0.508 e. The SMILES string of the molecule is COc1cc(O)cc(CNCCCCCCNCc2cc(OC)cc(OC)c2)c1. The van der Waals surface area contributed by atoms with Gasteiger partial charge >= 0.3 is 0 Å². The van der Waals surface area contributed by atoms with Gasteiger partial charge in [-0.25, -0.2) is 0 Å². The molecule has 0 atom stereocenters. The van der Waals surface area contributed by atoms with E-state index in [0.29, 0.717) is 5.75 Å². The number of unbranched alkanes of at least 4 members (excludes halogenated alkanes) is 3. The highest BCUT2D eigenvalue weighted by Crippen LogP contribution is 2.22. The molecule has 0 saturated carbocycles. The molecule has 0 aliphatic heterocycles. The lowest BCUT2D eigenvalue weighted by molar-refractivity contribution is 0.393. The summed E-state index contributed by atoms with van der Waals surface area (Å²) in [5.41, 5.74) is 2.19. The van der Waals surface area contributed by atoms with Crippen LogP contribution in [0.5, 0.6) is 23.0 Å². The van der Waals surface area contributed by atoms with Crippen molar-refractivity contribution < 1.29 is 19.3 Å². The van der Waals surface area contributed by atoms with Crippen molar-refractivity contribution in [2.75, 3.05) is 34.4 Å². The second-order valence-corrected chi connectivity index (χ2v) is 7.03. The first-order valence-corrected chi connectivity index (χ1v) is 10.1. The summed E-state index contributed by atoms with van der Waals surface area (Å²) in [5, 5.41) is 16.6. The van der Waals surface area contributed by atoms with E-state index in [1.807, 2.05) is 24.3 Å². The Morgan fingerprint density at radius 1 is 0.621 bits per heavy atom. The number of rotatable bonds is 14. The first kappa shape index (κ1) is 22.8. The minimum absolute atomic E-state index is 0.237. The monoisotopic (exact) mass is 402 g/mol. The predicted molar refractivity (Wildman–Crippen MR) is 116 cm³/mol. The second-order valence-electron chi connectivity index (χ2n) is 7.03. The Morgan fingerprint density at radius 3 is 1.55 bits per heavy atom. The van der Waals surface area contributed by atoms with Crippen molar-refractivity contribution in [2.45, 2.75) is 38.8 Å². The van der Waals surface area contributed by atoms with E-state index in [2.05, 4.69) is 10.6 Å². The number of hydrogen-bond donors (Lipinski definition) is 3. The van der Waals surface area contributed by atoms with E-state index in [0.717, 1.165) is 61.6 Å². The summed E-state index contributed by atoms with van der Waals surface area (Å²) in [6.45, 7) is 3.50. The molecule has 0 spiro atoms. The maximum absolute atomic E-state index is 9.67. The van der Waals surface area contributed by atoms with Crippen LogP contribution in [0.2, 0.25) is 0 Å². The number of ether oxygens (including phenoxy) is 3. The van der Waals surface area contributed by atoms with Crippen LogP contribution in [0.25, 0.3) is 0 Å². The highest BCUT2D eigenvalue weighted by molar-refractivity contribution is 5.38. The van der Waals surface area contributed by atoms with Gasteiger partial charge in [0.05, 0.1) is 21.3 Å². The maximum atomic E-state index is 9.67. The molecule has 0 unspecified atom stereocenters. The molecule has 0 radical (unpaired) electrons. The van der Waals surface area contributed by atoms with Gasteiger partial charge in [0.25, 0.3) is 0 Å². The first-order valence-electron chi connectivity index (χ1n) is 10.1. The molecule has 2 aromatic rings. The molecule has 0 heterocycles. The summed E-state index contributed by atoms with van der Waals surface area (Å²) in [6.07, 6.45) is 4.70. The van der Waals surface area contributed by atoms with Crippen molar-refractivity contribution >= 4 is 0 Å². The third-order valence-electron chi connectivity index (χ3n) is 4.71. The molecule has 3 N–H and O–H groups in total. The standard InChI is InChI=1S/C23H34N2O4/c1-27-21-11-18(10-20(26)14-21)16-24-8-6-4-5-7-9-25-17-19-12-22(28-2)15-23(13-19)29-3/h10-15,24-26H,4-9,16-17H2,1-3H3. The predicted octanol–water partition coefficient (Wildman–Crippen LogP) is 3.86. The van der Waals surface area contributed by atoms with Gasteiger partial charge in [-0.3, -0.25) is 0 Å². The van der Waals surface area contributed by atoms with E-state index in [1.54, 1.807) is 33.5 Å². The number of hydrogen-bond acceptors (Lipinski definition) is 6. The fourth-order valence-corrected chi connectivity index (χ4v) is 3.15. The fourth-order valence-electron chi connectivity index (χ4n) is 3.15. The minimum Gasteiger partial charge on any atom is -0.508 e. The van der Waals surface area contributed by atoms with Crippen LogP contribution in [-0.4, -0.2) is 39.5 Å². The number of nitrogens with one attached hydrogen (secondary N) is 2. The average Bonchev–Trinajstić information content (AvgIpc) is 2.74. The van der Waals surface area contributed by atoms with Gasteiger partial charge in [0.15, 0.2) is 0 Å². The van der Waals surface area contributed by atoms with E-state index in [4.69, 9.17) is 14.2 Å². The molecule has 0 fully saturated rings. The van der Waals surface area contributed by atoms with E-state index in [1.165, 1.54) is 12.8 Å². The molecule has 0 aliphatic carbocycles. The summed E-state index contributed by atoms with van der Waals surface area (Å²) in [7, 11) is 4.94. The van der Waals surface area contributed by atoms with Crippen molar-refractivity contribution in [1.29, 1.82) is 0 Å². The zero-order valence-electron chi connectivity index (χ0n) is 17.8. The lowest BCUT2D eigenvalue weighted by Gasteiger charge is -2.10. The van der Waals surface area contributed by atoms with Gasteiger partial charge in [-0.2, -0.15) is 0 Å². The topological polar surface area (TPSA) is 72.0 Å². The van der Waals surface area contributed by atoms with Crippen LogP contribution in [-0.2, 0) is 13.1 Å². The van der Waals surface area contributed by atoms with Crippen LogP contribution in [0, 0.1) is 0 Å². The highest BCUT2D eigenvalue weighted by Gasteiger charge is 2.02. The molecule has 29 heavy (non-hydrogen) atoms. The van der Waals surface area contributed by atoms with Gasteiger partial charge in [0.2, 0.25) is 0 Å². The molecule has 0 bridgehead atoms. The van der Waals surface area contributed by atoms with Gasteiger partial charge in [0, 0.05) is 25.2 Å². The van der Waals surface area contributed by atoms with Crippen LogP contribution in [0.15, 0.2) is 36.4 Å². The summed E-state index contributed by atoms with van der Waals surface area (Å²) in [6, 6.07) is 11.3. The second kappa shape index (κ2) is 12.9. The summed E-state index contributed by atoms with van der Waals surface area (Å²) >= 11 is 0. The molecule has 6 heteroatoms. The zero-order chi connectivity index (χ0) is 20.9. The fraction of sp³-hybridized carbons (Fsp3) is 0.478. The Kier molecular flexibility index (Phi) is 10.2. The van der Waals surface area contributed by atoms with Crippen LogP contribution >= 0.6 is 0 Å². The molecule has 2 rings (SSSR count). The molecular formula is C23H34N2O4. The zero-order valence-corrected chi connectivity index (χ0v) is 17.8. The molecule has 6 nitrogen and oxygen atoms in total. The van der Waals surface area contributed by atoms with Crippen LogP contribution in [0.3, 0.4) is 0 Å². The Labute approximate surface area is 174 Å². The van der Waals surface area contributed by atoms with E-state index < -0.39 is 0 Å². The Hall–Kier alpha value is -2.44. The van der Waals surface area contributed by atoms with Crippen LogP contribution in [0.4, 0.5) is 0 Å². The number of phenols is 1. The Morgan fingerprint density at radius 2 is 1.07 bits per heavy atom. The van der Waals surface area contributed by atoms with E-state index >= 15 is 0 Å². The van der Waals surface area contributed by atoms with Crippen molar-refractivity contribution in [1.82, 2.24) is 10.6 Å². The van der Waals surface area contributed by atoms with Gasteiger partial charge in [-0.15, -0.1) is 0 Å². The van der Waals surface area contributed by atoms with Crippen molar-refractivity contribution in [3.05, 3.63) is 47.5 Å². The van der Waals surface area contributed by atoms with Gasteiger partial charge in [0.1, 0.15) is 23.0 Å². The van der Waals surface area contributed by atoms with Crippen LogP contribution < -0.4 is 24.8 Å². The quantitative estimate of drug-likeness (QED) is 0.417. The van der Waals surface area contributed by atoms with Crippen molar-refractivity contribution in [2.24, 2.45) is 0 Å². The number of aromatic hydroxyl groups is 1. The Bertz CT molecular complexity index is 715.